The van der Waals surface area contributed by atoms with E-state index in [4.69, 9.17) is 4.74 Å². The Morgan fingerprint density at radius 1 is 1.22 bits per heavy atom. The third-order valence-corrected chi connectivity index (χ3v) is 3.82. The highest BCUT2D eigenvalue weighted by Gasteiger charge is 2.22. The van der Waals surface area contributed by atoms with Gasteiger partial charge in [-0.3, -0.25) is 0 Å². The van der Waals surface area contributed by atoms with E-state index in [0.29, 0.717) is 12.0 Å². The number of nitrogens with one attached hydrogen (secondary N) is 1. The molecule has 1 saturated heterocycles. The Hall–Kier alpha value is -1.02. The molecule has 0 bridgehead atoms. The van der Waals surface area contributed by atoms with Crippen LogP contribution < -0.4 is 5.32 Å². The molecule has 1 fully saturated rings. The quantitative estimate of drug-likeness (QED) is 0.876. The molecule has 1 aliphatic rings. The third-order valence-electron chi connectivity index (χ3n) is 3.82. The monoisotopic (exact) mass is 247 g/mol. The molecule has 1 aliphatic heterocycles. The van der Waals surface area contributed by atoms with Gasteiger partial charge in [0.25, 0.3) is 0 Å². The second-order valence-corrected chi connectivity index (χ2v) is 6.38. The van der Waals surface area contributed by atoms with Crippen LogP contribution in [-0.4, -0.2) is 19.3 Å². The van der Waals surface area contributed by atoms with Crippen molar-refractivity contribution < 1.29 is 4.74 Å². The Morgan fingerprint density at radius 2 is 1.89 bits per heavy atom. The van der Waals surface area contributed by atoms with Crippen LogP contribution in [0.2, 0.25) is 0 Å². The molecule has 100 valence electrons. The van der Waals surface area contributed by atoms with Crippen LogP contribution in [-0.2, 0) is 10.2 Å². The van der Waals surface area contributed by atoms with Crippen LogP contribution in [0.3, 0.4) is 0 Å². The summed E-state index contributed by atoms with van der Waals surface area (Å²) in [6.45, 7) is 10.8. The van der Waals surface area contributed by atoms with Crippen molar-refractivity contribution in [3.63, 3.8) is 0 Å². The topological polar surface area (TPSA) is 21.3 Å². The molecule has 2 nitrogen and oxygen atoms in total. The van der Waals surface area contributed by atoms with Crippen LogP contribution in [0, 0.1) is 5.92 Å². The summed E-state index contributed by atoms with van der Waals surface area (Å²) in [5.74, 6) is 0.646. The predicted octanol–water partition coefficient (Wildman–Crippen LogP) is 3.82. The summed E-state index contributed by atoms with van der Waals surface area (Å²) in [5.41, 5.74) is 2.82. The Bertz CT molecular complexity index is 371. The van der Waals surface area contributed by atoms with Crippen LogP contribution in [0.1, 0.15) is 39.7 Å². The highest BCUT2D eigenvalue weighted by molar-refractivity contribution is 5.46. The predicted molar refractivity (Wildman–Crippen MR) is 77.2 cm³/mol. The van der Waals surface area contributed by atoms with Gasteiger partial charge < -0.3 is 10.1 Å². The highest BCUT2D eigenvalue weighted by atomic mass is 16.5. The third kappa shape index (κ3) is 3.26. The number of hydrogen-bond donors (Lipinski definition) is 1. The first-order valence-electron chi connectivity index (χ1n) is 6.91. The summed E-state index contributed by atoms with van der Waals surface area (Å²) in [5, 5.41) is 3.58. The fraction of sp³-hybridized carbons (Fsp3) is 0.625. The van der Waals surface area contributed by atoms with E-state index in [0.717, 1.165) is 13.2 Å². The van der Waals surface area contributed by atoms with Gasteiger partial charge in [-0.05, 0) is 36.5 Å². The van der Waals surface area contributed by atoms with Crippen molar-refractivity contribution in [3.8, 4) is 0 Å². The largest absolute Gasteiger partial charge is 0.382 e. The van der Waals surface area contributed by atoms with E-state index in [9.17, 15) is 0 Å². The Balaban J connectivity index is 1.97. The number of hydrogen-bond acceptors (Lipinski definition) is 2. The molecule has 1 N–H and O–H groups in total. The van der Waals surface area contributed by atoms with Gasteiger partial charge >= 0.3 is 0 Å². The van der Waals surface area contributed by atoms with E-state index in [1.165, 1.54) is 17.7 Å². The molecule has 2 atom stereocenters. The Labute approximate surface area is 111 Å². The van der Waals surface area contributed by atoms with E-state index >= 15 is 0 Å². The van der Waals surface area contributed by atoms with Gasteiger partial charge in [-0.15, -0.1) is 0 Å². The van der Waals surface area contributed by atoms with Gasteiger partial charge in [-0.2, -0.15) is 0 Å². The molecule has 0 amide bonds. The summed E-state index contributed by atoms with van der Waals surface area (Å²) in [6.07, 6.45) is 1.17. The molecule has 0 aliphatic carbocycles. The molecule has 0 aromatic heterocycles. The summed E-state index contributed by atoms with van der Waals surface area (Å²) in [4.78, 5) is 0. The lowest BCUT2D eigenvalue weighted by Gasteiger charge is -2.22. The molecule has 1 heterocycles. The number of benzene rings is 1. The summed E-state index contributed by atoms with van der Waals surface area (Å²) < 4.78 is 5.44. The zero-order valence-electron chi connectivity index (χ0n) is 12.0. The molecule has 0 saturated carbocycles. The lowest BCUT2D eigenvalue weighted by Crippen LogP contribution is -2.26. The lowest BCUT2D eigenvalue weighted by molar-refractivity contribution is 0.183. The first-order valence-corrected chi connectivity index (χ1v) is 6.91. The van der Waals surface area contributed by atoms with Crippen LogP contribution in [0.5, 0.6) is 0 Å². The maximum absolute atomic E-state index is 5.44. The maximum atomic E-state index is 5.44. The van der Waals surface area contributed by atoms with E-state index in [2.05, 4.69) is 57.3 Å². The molecular formula is C16H25NO. The first kappa shape index (κ1) is 13.4. The average Bonchev–Trinajstić information content (AvgIpc) is 2.82. The molecule has 2 unspecified atom stereocenters. The minimum atomic E-state index is 0.226. The zero-order chi connectivity index (χ0) is 13.2. The van der Waals surface area contributed by atoms with Crippen molar-refractivity contribution in [2.45, 2.75) is 45.6 Å². The second-order valence-electron chi connectivity index (χ2n) is 6.38. The van der Waals surface area contributed by atoms with Crippen molar-refractivity contribution in [3.05, 3.63) is 29.8 Å². The van der Waals surface area contributed by atoms with Gasteiger partial charge in [0.2, 0.25) is 0 Å². The molecule has 0 spiro atoms. The summed E-state index contributed by atoms with van der Waals surface area (Å²) >= 11 is 0. The Kier molecular flexibility index (Phi) is 3.96. The van der Waals surface area contributed by atoms with Gasteiger partial charge in [0.1, 0.15) is 0 Å². The Morgan fingerprint density at radius 3 is 2.39 bits per heavy atom. The minimum absolute atomic E-state index is 0.226. The van der Waals surface area contributed by atoms with Crippen molar-refractivity contribution in [1.82, 2.24) is 0 Å². The number of ether oxygens (including phenoxy) is 1. The lowest BCUT2D eigenvalue weighted by atomic mass is 9.87. The number of anilines is 1. The second kappa shape index (κ2) is 5.31. The van der Waals surface area contributed by atoms with Crippen molar-refractivity contribution in [2.24, 2.45) is 5.92 Å². The number of rotatable bonds is 3. The molecule has 1 aromatic carbocycles. The van der Waals surface area contributed by atoms with E-state index in [1.807, 2.05) is 0 Å². The van der Waals surface area contributed by atoms with Crippen molar-refractivity contribution in [1.29, 1.82) is 0 Å². The summed E-state index contributed by atoms with van der Waals surface area (Å²) in [6, 6.07) is 9.30. The molecular weight excluding hydrogens is 222 g/mol. The van der Waals surface area contributed by atoms with E-state index in [-0.39, 0.29) is 5.41 Å². The fourth-order valence-corrected chi connectivity index (χ4v) is 2.39. The van der Waals surface area contributed by atoms with Crippen LogP contribution in [0.25, 0.3) is 0 Å². The highest BCUT2D eigenvalue weighted by Crippen LogP contribution is 2.25. The van der Waals surface area contributed by atoms with Gasteiger partial charge in [0.05, 0.1) is 6.61 Å². The van der Waals surface area contributed by atoms with Gasteiger partial charge in [-0.25, -0.2) is 0 Å². The molecule has 18 heavy (non-hydrogen) atoms. The van der Waals surface area contributed by atoms with E-state index in [1.54, 1.807) is 0 Å². The van der Waals surface area contributed by atoms with Crippen molar-refractivity contribution in [2.75, 3.05) is 18.5 Å². The van der Waals surface area contributed by atoms with Crippen molar-refractivity contribution >= 4 is 5.69 Å². The molecule has 2 rings (SSSR count). The molecule has 1 aromatic rings. The standard InChI is InChI=1S/C16H25NO/c1-12(13-9-10-18-11-13)17-15-7-5-14(6-8-15)16(2,3)4/h5-8,12-13,17H,9-11H2,1-4H3. The van der Waals surface area contributed by atoms with Gasteiger partial charge in [0.15, 0.2) is 0 Å². The van der Waals surface area contributed by atoms with Crippen LogP contribution in [0.15, 0.2) is 24.3 Å². The van der Waals surface area contributed by atoms with Gasteiger partial charge in [0, 0.05) is 24.3 Å². The van der Waals surface area contributed by atoms with Gasteiger partial charge in [-0.1, -0.05) is 32.9 Å². The first-order chi connectivity index (χ1) is 8.47. The minimum Gasteiger partial charge on any atom is -0.382 e. The smallest absolute Gasteiger partial charge is 0.0514 e. The molecule has 2 heteroatoms. The summed E-state index contributed by atoms with van der Waals surface area (Å²) in [7, 11) is 0. The molecule has 0 radical (unpaired) electrons. The SMILES string of the molecule is CC(Nc1ccc(C(C)(C)C)cc1)C1CCOC1. The van der Waals surface area contributed by atoms with Crippen LogP contribution >= 0.6 is 0 Å². The average molecular weight is 247 g/mol. The maximum Gasteiger partial charge on any atom is 0.0514 e. The van der Waals surface area contributed by atoms with Crippen LogP contribution in [0.4, 0.5) is 5.69 Å². The van der Waals surface area contributed by atoms with E-state index < -0.39 is 0 Å². The zero-order valence-corrected chi connectivity index (χ0v) is 12.0. The normalized spacial score (nSPS) is 21.9. The fourth-order valence-electron chi connectivity index (χ4n) is 2.39.